The average molecular weight is 236 g/mol. The number of carbonyl (C=O) groups is 1. The molecule has 0 unspecified atom stereocenters. The van der Waals surface area contributed by atoms with Crippen LogP contribution in [0.5, 0.6) is 0 Å². The Bertz CT molecular complexity index is 391. The van der Waals surface area contributed by atoms with Crippen molar-refractivity contribution in [1.82, 2.24) is 4.90 Å². The zero-order chi connectivity index (χ0) is 12.0. The van der Waals surface area contributed by atoms with E-state index in [1.54, 1.807) is 12.1 Å². The molecular weight excluding hydrogens is 222 g/mol. The Morgan fingerprint density at radius 1 is 1.44 bits per heavy atom. The Morgan fingerprint density at radius 3 is 2.62 bits per heavy atom. The number of terminal acetylenes is 1. The van der Waals surface area contributed by atoms with E-state index in [9.17, 15) is 4.79 Å². The van der Waals surface area contributed by atoms with Crippen molar-refractivity contribution in [1.29, 1.82) is 0 Å². The number of nitrogens with zero attached hydrogens (tertiary/aromatic N) is 1. The number of rotatable bonds is 5. The Hall–Kier alpha value is -1.30. The molecule has 0 aliphatic rings. The van der Waals surface area contributed by atoms with Gasteiger partial charge in [0, 0.05) is 11.4 Å². The largest absolute Gasteiger partial charge is 0.298 e. The summed E-state index contributed by atoms with van der Waals surface area (Å²) in [5, 5.41) is 0.681. The Kier molecular flexibility index (Phi) is 5.04. The molecule has 0 aliphatic heterocycles. The molecule has 1 aromatic rings. The van der Waals surface area contributed by atoms with Crippen molar-refractivity contribution in [3.63, 3.8) is 0 Å². The molecule has 0 saturated carbocycles. The molecule has 0 fully saturated rings. The first kappa shape index (κ1) is 12.8. The van der Waals surface area contributed by atoms with Gasteiger partial charge in [0.2, 0.25) is 0 Å². The van der Waals surface area contributed by atoms with Crippen molar-refractivity contribution in [2.75, 3.05) is 20.1 Å². The Labute approximate surface area is 101 Å². The predicted molar refractivity (Wildman–Crippen MR) is 66.5 cm³/mol. The molecule has 0 spiro atoms. The van der Waals surface area contributed by atoms with Crippen LogP contribution in [0.25, 0.3) is 0 Å². The number of ketones is 1. The minimum atomic E-state index is 0.153. The first-order valence-corrected chi connectivity index (χ1v) is 5.37. The highest BCUT2D eigenvalue weighted by Crippen LogP contribution is 2.10. The van der Waals surface area contributed by atoms with E-state index < -0.39 is 0 Å². The van der Waals surface area contributed by atoms with Crippen molar-refractivity contribution in [2.24, 2.45) is 0 Å². The normalized spacial score (nSPS) is 10.1. The van der Waals surface area contributed by atoms with E-state index in [0.717, 1.165) is 5.56 Å². The molecule has 2 nitrogen and oxygen atoms in total. The summed E-state index contributed by atoms with van der Waals surface area (Å²) in [4.78, 5) is 13.5. The van der Waals surface area contributed by atoms with Crippen LogP contribution in [0.3, 0.4) is 0 Å². The van der Waals surface area contributed by atoms with Gasteiger partial charge in [0.15, 0.2) is 5.78 Å². The van der Waals surface area contributed by atoms with Crippen LogP contribution in [-0.4, -0.2) is 30.8 Å². The zero-order valence-electron chi connectivity index (χ0n) is 9.24. The maximum absolute atomic E-state index is 11.6. The second-order valence-electron chi connectivity index (χ2n) is 3.72. The van der Waals surface area contributed by atoms with Gasteiger partial charge in [-0.1, -0.05) is 29.7 Å². The van der Waals surface area contributed by atoms with Gasteiger partial charge in [-0.2, -0.15) is 0 Å². The summed E-state index contributed by atoms with van der Waals surface area (Å²) in [5.41, 5.74) is 0.975. The molecule has 0 aromatic heterocycles. The number of Topliss-reactive ketones (excluding diaryl/α,β-unsaturated/α-hetero) is 1. The maximum Gasteiger partial charge on any atom is 0.151 e. The van der Waals surface area contributed by atoms with Gasteiger partial charge < -0.3 is 0 Å². The summed E-state index contributed by atoms with van der Waals surface area (Å²) in [7, 11) is 1.83. The molecular formula is C13H14ClNO. The summed E-state index contributed by atoms with van der Waals surface area (Å²) in [6, 6.07) is 7.30. The molecule has 0 atom stereocenters. The van der Waals surface area contributed by atoms with Crippen molar-refractivity contribution in [2.45, 2.75) is 6.42 Å². The smallest absolute Gasteiger partial charge is 0.151 e. The van der Waals surface area contributed by atoms with Gasteiger partial charge in [-0.05, 0) is 24.7 Å². The summed E-state index contributed by atoms with van der Waals surface area (Å²) in [6.45, 7) is 0.874. The fourth-order valence-electron chi connectivity index (χ4n) is 1.40. The van der Waals surface area contributed by atoms with Crippen LogP contribution in [0.4, 0.5) is 0 Å². The van der Waals surface area contributed by atoms with E-state index in [0.29, 0.717) is 24.5 Å². The number of hydrogen-bond donors (Lipinski definition) is 0. The van der Waals surface area contributed by atoms with Crippen molar-refractivity contribution >= 4 is 17.4 Å². The molecule has 0 aliphatic carbocycles. The minimum Gasteiger partial charge on any atom is -0.298 e. The zero-order valence-corrected chi connectivity index (χ0v) is 10.00. The summed E-state index contributed by atoms with van der Waals surface area (Å²) in [5.74, 6) is 2.65. The third-order valence-electron chi connectivity index (χ3n) is 2.12. The molecule has 0 amide bonds. The van der Waals surface area contributed by atoms with E-state index in [1.807, 2.05) is 24.1 Å². The van der Waals surface area contributed by atoms with Crippen LogP contribution < -0.4 is 0 Å². The summed E-state index contributed by atoms with van der Waals surface area (Å²) >= 11 is 5.76. The molecule has 0 heterocycles. The monoisotopic (exact) mass is 235 g/mol. The predicted octanol–water partition coefficient (Wildman–Crippen LogP) is 2.02. The first-order chi connectivity index (χ1) is 7.61. The fraction of sp³-hybridized carbons (Fsp3) is 0.308. The number of likely N-dealkylation sites (N-methyl/N-ethyl adjacent to an activating group) is 1. The van der Waals surface area contributed by atoms with E-state index in [-0.39, 0.29) is 5.78 Å². The molecule has 0 bridgehead atoms. The van der Waals surface area contributed by atoms with E-state index >= 15 is 0 Å². The van der Waals surface area contributed by atoms with Crippen LogP contribution >= 0.6 is 11.6 Å². The second-order valence-corrected chi connectivity index (χ2v) is 4.15. The van der Waals surface area contributed by atoms with Crippen molar-refractivity contribution in [3.8, 4) is 12.3 Å². The van der Waals surface area contributed by atoms with Gasteiger partial charge in [-0.25, -0.2) is 0 Å². The molecule has 1 aromatic carbocycles. The lowest BCUT2D eigenvalue weighted by Crippen LogP contribution is -2.27. The van der Waals surface area contributed by atoms with Crippen LogP contribution in [-0.2, 0) is 11.2 Å². The van der Waals surface area contributed by atoms with Gasteiger partial charge in [0.1, 0.15) is 0 Å². The van der Waals surface area contributed by atoms with Crippen molar-refractivity contribution < 1.29 is 4.79 Å². The molecule has 0 N–H and O–H groups in total. The standard InChI is InChI=1S/C13H14ClNO/c1-3-8-15(2)10-13(16)9-11-4-6-12(14)7-5-11/h1,4-7H,8-10H2,2H3. The average Bonchev–Trinajstić information content (AvgIpc) is 2.21. The van der Waals surface area contributed by atoms with Crippen LogP contribution in [0.15, 0.2) is 24.3 Å². The van der Waals surface area contributed by atoms with E-state index in [2.05, 4.69) is 5.92 Å². The maximum atomic E-state index is 11.6. The summed E-state index contributed by atoms with van der Waals surface area (Å²) in [6.07, 6.45) is 5.58. The SMILES string of the molecule is C#CCN(C)CC(=O)Cc1ccc(Cl)cc1. The van der Waals surface area contributed by atoms with Crippen molar-refractivity contribution in [3.05, 3.63) is 34.9 Å². The molecule has 84 valence electrons. The number of halogens is 1. The van der Waals surface area contributed by atoms with Gasteiger partial charge in [0.05, 0.1) is 13.1 Å². The number of hydrogen-bond acceptors (Lipinski definition) is 2. The quantitative estimate of drug-likeness (QED) is 0.728. The highest BCUT2D eigenvalue weighted by molar-refractivity contribution is 6.30. The Morgan fingerprint density at radius 2 is 2.06 bits per heavy atom. The molecule has 3 heteroatoms. The lowest BCUT2D eigenvalue weighted by Gasteiger charge is -2.11. The molecule has 0 radical (unpaired) electrons. The first-order valence-electron chi connectivity index (χ1n) is 5.00. The molecule has 16 heavy (non-hydrogen) atoms. The Balaban J connectivity index is 2.46. The number of carbonyl (C=O) groups excluding carboxylic acids is 1. The van der Waals surface area contributed by atoms with Gasteiger partial charge in [-0.15, -0.1) is 6.42 Å². The topological polar surface area (TPSA) is 20.3 Å². The molecule has 0 saturated heterocycles. The van der Waals surface area contributed by atoms with Gasteiger partial charge in [0.25, 0.3) is 0 Å². The van der Waals surface area contributed by atoms with Crippen LogP contribution in [0.2, 0.25) is 5.02 Å². The lowest BCUT2D eigenvalue weighted by atomic mass is 10.1. The third kappa shape index (κ3) is 4.48. The minimum absolute atomic E-state index is 0.153. The van der Waals surface area contributed by atoms with E-state index in [1.165, 1.54) is 0 Å². The van der Waals surface area contributed by atoms with Gasteiger partial charge >= 0.3 is 0 Å². The van der Waals surface area contributed by atoms with Crippen LogP contribution in [0.1, 0.15) is 5.56 Å². The highest BCUT2D eigenvalue weighted by Gasteiger charge is 2.06. The highest BCUT2D eigenvalue weighted by atomic mass is 35.5. The van der Waals surface area contributed by atoms with E-state index in [4.69, 9.17) is 18.0 Å². The lowest BCUT2D eigenvalue weighted by molar-refractivity contribution is -0.119. The van der Waals surface area contributed by atoms with Crippen LogP contribution in [0, 0.1) is 12.3 Å². The molecule has 1 rings (SSSR count). The third-order valence-corrected chi connectivity index (χ3v) is 2.37. The fourth-order valence-corrected chi connectivity index (χ4v) is 1.52. The number of benzene rings is 1. The van der Waals surface area contributed by atoms with Gasteiger partial charge in [-0.3, -0.25) is 9.69 Å². The summed E-state index contributed by atoms with van der Waals surface area (Å²) < 4.78 is 0. The second kappa shape index (κ2) is 6.32.